The van der Waals surface area contributed by atoms with Crippen molar-refractivity contribution in [1.29, 1.82) is 0 Å². The van der Waals surface area contributed by atoms with Gasteiger partial charge < -0.3 is 15.4 Å². The molecule has 118 valence electrons. The van der Waals surface area contributed by atoms with E-state index in [1.54, 1.807) is 6.92 Å². The van der Waals surface area contributed by atoms with Crippen LogP contribution in [0.3, 0.4) is 0 Å². The maximum atomic E-state index is 12.8. The second-order valence-electron chi connectivity index (χ2n) is 5.05. The molecule has 1 aromatic heterocycles. The Morgan fingerprint density at radius 2 is 2.10 bits per heavy atom. The van der Waals surface area contributed by atoms with E-state index in [2.05, 4.69) is 20.6 Å². The van der Waals surface area contributed by atoms with Crippen LogP contribution in [-0.4, -0.2) is 35.8 Å². The molecule has 0 spiro atoms. The average Bonchev–Trinajstić information content (AvgIpc) is 2.91. The van der Waals surface area contributed by atoms with Gasteiger partial charge in [-0.15, -0.1) is 0 Å². The normalized spacial score (nSPS) is 20.3. The van der Waals surface area contributed by atoms with Crippen LogP contribution in [-0.2, 0) is 10.9 Å². The van der Waals surface area contributed by atoms with Crippen molar-refractivity contribution in [2.75, 3.05) is 30.4 Å². The van der Waals surface area contributed by atoms with E-state index in [4.69, 9.17) is 4.74 Å². The molecule has 5 nitrogen and oxygen atoms in total. The summed E-state index contributed by atoms with van der Waals surface area (Å²) in [5.74, 6) is -0.528. The Hall–Kier alpha value is -1.57. The third-order valence-corrected chi connectivity index (χ3v) is 3.39. The zero-order valence-electron chi connectivity index (χ0n) is 12.0. The van der Waals surface area contributed by atoms with Crippen LogP contribution >= 0.6 is 0 Å². The number of rotatable bonds is 5. The number of hydrogen-bond acceptors (Lipinski definition) is 5. The number of hydrogen-bond donors (Lipinski definition) is 2. The van der Waals surface area contributed by atoms with Crippen molar-refractivity contribution in [2.24, 2.45) is 5.92 Å². The van der Waals surface area contributed by atoms with Crippen molar-refractivity contribution in [1.82, 2.24) is 9.97 Å². The lowest BCUT2D eigenvalue weighted by Gasteiger charge is -2.20. The first-order chi connectivity index (χ1) is 9.90. The molecule has 0 aromatic carbocycles. The summed E-state index contributed by atoms with van der Waals surface area (Å²) >= 11 is 0. The van der Waals surface area contributed by atoms with E-state index >= 15 is 0 Å². The Balaban J connectivity index is 2.18. The van der Waals surface area contributed by atoms with Crippen molar-refractivity contribution in [3.63, 3.8) is 0 Å². The summed E-state index contributed by atoms with van der Waals surface area (Å²) in [4.78, 5) is 7.06. The van der Waals surface area contributed by atoms with Crippen LogP contribution < -0.4 is 10.6 Å². The number of anilines is 2. The molecular weight excluding hydrogens is 285 g/mol. The minimum Gasteiger partial charge on any atom is -0.381 e. The second-order valence-corrected chi connectivity index (χ2v) is 5.05. The highest BCUT2D eigenvalue weighted by atomic mass is 19.4. The number of alkyl halides is 3. The minimum absolute atomic E-state index is 0.0158. The summed E-state index contributed by atoms with van der Waals surface area (Å²) in [6.45, 7) is 5.50. The van der Waals surface area contributed by atoms with E-state index in [9.17, 15) is 13.2 Å². The molecular formula is C13H19F3N4O. The molecule has 8 heteroatoms. The van der Waals surface area contributed by atoms with Crippen molar-refractivity contribution < 1.29 is 17.9 Å². The molecule has 21 heavy (non-hydrogen) atoms. The molecule has 2 N–H and O–H groups in total. The van der Waals surface area contributed by atoms with Gasteiger partial charge in [-0.1, -0.05) is 0 Å². The maximum absolute atomic E-state index is 12.8. The molecule has 0 amide bonds. The van der Waals surface area contributed by atoms with Crippen molar-refractivity contribution in [3.8, 4) is 0 Å². The molecule has 2 atom stereocenters. The smallest absolute Gasteiger partial charge is 0.381 e. The molecule has 1 fully saturated rings. The first-order valence-corrected chi connectivity index (χ1v) is 6.94. The first-order valence-electron chi connectivity index (χ1n) is 6.94. The Bertz CT molecular complexity index is 475. The molecule has 2 unspecified atom stereocenters. The summed E-state index contributed by atoms with van der Waals surface area (Å²) in [5.41, 5.74) is 0. The molecule has 1 aliphatic heterocycles. The fourth-order valence-corrected chi connectivity index (χ4v) is 2.22. The Labute approximate surface area is 121 Å². The summed E-state index contributed by atoms with van der Waals surface area (Å²) < 4.78 is 43.8. The molecule has 2 rings (SSSR count). The SMILES string of the molecule is CCNc1cc(NC(C)C2CCOC2)nc(C(F)(F)F)n1. The van der Waals surface area contributed by atoms with Crippen molar-refractivity contribution in [3.05, 3.63) is 11.9 Å². The highest BCUT2D eigenvalue weighted by Crippen LogP contribution is 2.29. The van der Waals surface area contributed by atoms with Crippen molar-refractivity contribution in [2.45, 2.75) is 32.5 Å². The van der Waals surface area contributed by atoms with Crippen molar-refractivity contribution >= 4 is 11.6 Å². The largest absolute Gasteiger partial charge is 0.451 e. The second kappa shape index (κ2) is 6.46. The number of halogens is 3. The summed E-state index contributed by atoms with van der Waals surface area (Å²) in [6, 6.07) is 1.48. The standard InChI is InChI=1S/C13H19F3N4O/c1-3-17-10-6-11(20-12(19-10)13(14,15)16)18-8(2)9-4-5-21-7-9/h6,8-9H,3-5,7H2,1-2H3,(H2,17,18,19,20). The molecule has 0 saturated carbocycles. The Morgan fingerprint density at radius 3 is 2.67 bits per heavy atom. The van der Waals surface area contributed by atoms with Gasteiger partial charge in [0.05, 0.1) is 6.61 Å². The van der Waals surface area contributed by atoms with Gasteiger partial charge in [-0.25, -0.2) is 9.97 Å². The average molecular weight is 304 g/mol. The van der Waals surface area contributed by atoms with Crippen LogP contribution in [0.25, 0.3) is 0 Å². The van der Waals surface area contributed by atoms with Crippen LogP contribution in [0.15, 0.2) is 6.07 Å². The lowest BCUT2D eigenvalue weighted by atomic mass is 10.0. The number of aromatic nitrogens is 2. The van der Waals surface area contributed by atoms with E-state index < -0.39 is 12.0 Å². The third-order valence-electron chi connectivity index (χ3n) is 3.39. The lowest BCUT2D eigenvalue weighted by molar-refractivity contribution is -0.144. The third kappa shape index (κ3) is 4.20. The number of nitrogens with one attached hydrogen (secondary N) is 2. The molecule has 0 radical (unpaired) electrons. The van der Waals surface area contributed by atoms with Gasteiger partial charge in [0.15, 0.2) is 0 Å². The van der Waals surface area contributed by atoms with Crippen LogP contribution in [0.5, 0.6) is 0 Å². The van der Waals surface area contributed by atoms with Crippen LogP contribution in [0.1, 0.15) is 26.1 Å². The topological polar surface area (TPSA) is 59.1 Å². The van der Waals surface area contributed by atoms with Crippen LogP contribution in [0, 0.1) is 5.92 Å². The molecule has 0 aliphatic carbocycles. The number of nitrogens with zero attached hydrogens (tertiary/aromatic N) is 2. The molecule has 1 aromatic rings. The maximum Gasteiger partial charge on any atom is 0.451 e. The van der Waals surface area contributed by atoms with E-state index in [1.165, 1.54) is 6.07 Å². The van der Waals surface area contributed by atoms with E-state index in [-0.39, 0.29) is 23.6 Å². The lowest BCUT2D eigenvalue weighted by Crippen LogP contribution is -2.27. The van der Waals surface area contributed by atoms with E-state index in [1.807, 2.05) is 6.92 Å². The van der Waals surface area contributed by atoms with Gasteiger partial charge in [-0.3, -0.25) is 0 Å². The van der Waals surface area contributed by atoms with Gasteiger partial charge in [0.1, 0.15) is 11.6 Å². The van der Waals surface area contributed by atoms with Gasteiger partial charge in [0.2, 0.25) is 5.82 Å². The van der Waals surface area contributed by atoms with Crippen LogP contribution in [0.4, 0.5) is 24.8 Å². The summed E-state index contributed by atoms with van der Waals surface area (Å²) in [6.07, 6.45) is -3.67. The van der Waals surface area contributed by atoms with E-state index in [0.717, 1.165) is 6.42 Å². The first kappa shape index (κ1) is 15.8. The van der Waals surface area contributed by atoms with Gasteiger partial charge >= 0.3 is 6.18 Å². The fraction of sp³-hybridized carbons (Fsp3) is 0.692. The zero-order chi connectivity index (χ0) is 15.5. The number of ether oxygens (including phenoxy) is 1. The zero-order valence-corrected chi connectivity index (χ0v) is 12.0. The van der Waals surface area contributed by atoms with Crippen LogP contribution in [0.2, 0.25) is 0 Å². The molecule has 2 heterocycles. The minimum atomic E-state index is -4.57. The van der Waals surface area contributed by atoms with Gasteiger partial charge in [-0.05, 0) is 20.3 Å². The summed E-state index contributed by atoms with van der Waals surface area (Å²) in [5, 5.41) is 5.81. The van der Waals surface area contributed by atoms with Gasteiger partial charge in [0.25, 0.3) is 0 Å². The highest BCUT2D eigenvalue weighted by molar-refractivity contribution is 5.48. The quantitative estimate of drug-likeness (QED) is 0.876. The Kier molecular flexibility index (Phi) is 4.87. The highest BCUT2D eigenvalue weighted by Gasteiger charge is 2.35. The summed E-state index contributed by atoms with van der Waals surface area (Å²) in [7, 11) is 0. The monoisotopic (exact) mass is 304 g/mol. The molecule has 1 saturated heterocycles. The molecule has 1 aliphatic rings. The predicted octanol–water partition coefficient (Wildman–Crippen LogP) is 2.76. The van der Waals surface area contributed by atoms with E-state index in [0.29, 0.717) is 19.8 Å². The fourth-order valence-electron chi connectivity index (χ4n) is 2.22. The van der Waals surface area contributed by atoms with Gasteiger partial charge in [-0.2, -0.15) is 13.2 Å². The van der Waals surface area contributed by atoms with Gasteiger partial charge in [0, 0.05) is 31.2 Å². The Morgan fingerprint density at radius 1 is 1.38 bits per heavy atom. The predicted molar refractivity (Wildman–Crippen MR) is 73.2 cm³/mol. The molecule has 0 bridgehead atoms.